The maximum Gasteiger partial charge on any atom is 0.215 e. The number of nitrogens with two attached hydrogens (primary N) is 1. The Balaban J connectivity index is 1.65. The van der Waals surface area contributed by atoms with Crippen molar-refractivity contribution in [3.8, 4) is 0 Å². The summed E-state index contributed by atoms with van der Waals surface area (Å²) in [5, 5.41) is 3.55. The second-order valence-corrected chi connectivity index (χ2v) is 6.94. The number of nitrogens with zero attached hydrogens (tertiary/aromatic N) is 3. The molecule has 29 heavy (non-hydrogen) atoms. The van der Waals surface area contributed by atoms with E-state index in [1.54, 1.807) is 24.4 Å². The number of carbonyl (C=O) groups excluding carboxylic acids is 1. The van der Waals surface area contributed by atoms with Crippen LogP contribution in [0.4, 0.5) is 11.6 Å². The number of piperazine rings is 1. The van der Waals surface area contributed by atoms with Crippen molar-refractivity contribution in [1.29, 1.82) is 0 Å². The maximum atomic E-state index is 13.1. The summed E-state index contributed by atoms with van der Waals surface area (Å²) in [6, 6.07) is 17.7. The van der Waals surface area contributed by atoms with Gasteiger partial charge in [-0.15, -0.1) is 0 Å². The Bertz CT molecular complexity index is 1030. The van der Waals surface area contributed by atoms with Crippen molar-refractivity contribution < 1.29 is 4.79 Å². The van der Waals surface area contributed by atoms with Gasteiger partial charge in [-0.1, -0.05) is 43.0 Å². The average Bonchev–Trinajstić information content (AvgIpc) is 2.79. The maximum absolute atomic E-state index is 13.1. The molecule has 3 heterocycles. The first kappa shape index (κ1) is 18.8. The fourth-order valence-corrected chi connectivity index (χ4v) is 3.59. The first-order chi connectivity index (χ1) is 14.2. The fourth-order valence-electron chi connectivity index (χ4n) is 3.59. The van der Waals surface area contributed by atoms with Crippen LogP contribution in [0.1, 0.15) is 33.2 Å². The van der Waals surface area contributed by atoms with Gasteiger partial charge in [-0.25, -0.2) is 9.97 Å². The van der Waals surface area contributed by atoms with Crippen LogP contribution in [0.3, 0.4) is 0 Å². The lowest BCUT2D eigenvalue weighted by atomic mass is 10.0. The van der Waals surface area contributed by atoms with Gasteiger partial charge in [0.05, 0.1) is 5.56 Å². The molecule has 3 aromatic rings. The van der Waals surface area contributed by atoms with Crippen LogP contribution in [-0.4, -0.2) is 35.4 Å². The van der Waals surface area contributed by atoms with Crippen molar-refractivity contribution in [1.82, 2.24) is 15.3 Å². The van der Waals surface area contributed by atoms with Gasteiger partial charge >= 0.3 is 0 Å². The SMILES string of the molecule is C=Cc1ccc(N2CCN[C@@H](c3ccccc3)C2)nc1C(=O)c1cccnc1N. The number of nitrogen functional groups attached to an aromatic ring is 1. The number of anilines is 2. The molecule has 0 radical (unpaired) electrons. The lowest BCUT2D eigenvalue weighted by Gasteiger charge is -2.35. The molecule has 4 rings (SSSR count). The van der Waals surface area contributed by atoms with Gasteiger partial charge in [0.15, 0.2) is 0 Å². The molecule has 6 heteroatoms. The van der Waals surface area contributed by atoms with Crippen molar-refractivity contribution in [2.75, 3.05) is 30.3 Å². The third-order valence-corrected chi connectivity index (χ3v) is 5.13. The number of hydrogen-bond acceptors (Lipinski definition) is 6. The van der Waals surface area contributed by atoms with Gasteiger partial charge in [0.1, 0.15) is 17.3 Å². The second kappa shape index (κ2) is 8.24. The molecule has 1 atom stereocenters. The molecule has 146 valence electrons. The van der Waals surface area contributed by atoms with E-state index in [0.29, 0.717) is 16.8 Å². The predicted octanol–water partition coefficient (Wildman–Crippen LogP) is 3.08. The lowest BCUT2D eigenvalue weighted by molar-refractivity contribution is 0.103. The normalized spacial score (nSPS) is 16.4. The van der Waals surface area contributed by atoms with E-state index in [2.05, 4.69) is 33.9 Å². The summed E-state index contributed by atoms with van der Waals surface area (Å²) in [7, 11) is 0. The van der Waals surface area contributed by atoms with E-state index in [4.69, 9.17) is 10.7 Å². The minimum absolute atomic E-state index is 0.200. The van der Waals surface area contributed by atoms with Gasteiger partial charge in [0.25, 0.3) is 0 Å². The number of carbonyl (C=O) groups is 1. The highest BCUT2D eigenvalue weighted by atomic mass is 16.1. The van der Waals surface area contributed by atoms with Gasteiger partial charge in [-0.05, 0) is 29.8 Å². The van der Waals surface area contributed by atoms with Crippen LogP contribution in [0.5, 0.6) is 0 Å². The molecule has 0 aliphatic carbocycles. The van der Waals surface area contributed by atoms with Crippen LogP contribution in [0.25, 0.3) is 6.08 Å². The number of rotatable bonds is 5. The van der Waals surface area contributed by atoms with E-state index < -0.39 is 0 Å². The summed E-state index contributed by atoms with van der Waals surface area (Å²) < 4.78 is 0. The molecule has 0 bridgehead atoms. The molecular formula is C23H23N5O. The minimum Gasteiger partial charge on any atom is -0.383 e. The van der Waals surface area contributed by atoms with E-state index in [9.17, 15) is 4.79 Å². The van der Waals surface area contributed by atoms with Crippen molar-refractivity contribution in [2.45, 2.75) is 6.04 Å². The molecule has 0 unspecified atom stereocenters. The first-order valence-electron chi connectivity index (χ1n) is 9.59. The Hall–Kier alpha value is -3.51. The third kappa shape index (κ3) is 3.88. The van der Waals surface area contributed by atoms with Crippen LogP contribution in [-0.2, 0) is 0 Å². The highest BCUT2D eigenvalue weighted by molar-refractivity contribution is 6.12. The van der Waals surface area contributed by atoms with Crippen LogP contribution in [0.15, 0.2) is 67.4 Å². The van der Waals surface area contributed by atoms with Crippen LogP contribution in [0.2, 0.25) is 0 Å². The molecule has 1 aromatic carbocycles. The Kier molecular flexibility index (Phi) is 5.35. The second-order valence-electron chi connectivity index (χ2n) is 6.94. The Morgan fingerprint density at radius 2 is 2.00 bits per heavy atom. The summed E-state index contributed by atoms with van der Waals surface area (Å²) in [5.74, 6) is 0.719. The monoisotopic (exact) mass is 385 g/mol. The van der Waals surface area contributed by atoms with Crippen molar-refractivity contribution >= 4 is 23.5 Å². The molecule has 0 saturated carbocycles. The lowest BCUT2D eigenvalue weighted by Crippen LogP contribution is -2.46. The molecule has 3 N–H and O–H groups in total. The molecule has 6 nitrogen and oxygen atoms in total. The number of hydrogen-bond donors (Lipinski definition) is 2. The number of nitrogens with one attached hydrogen (secondary N) is 1. The minimum atomic E-state index is -0.248. The van der Waals surface area contributed by atoms with Gasteiger partial charge in [-0.3, -0.25) is 4.79 Å². The van der Waals surface area contributed by atoms with Crippen molar-refractivity contribution in [3.63, 3.8) is 0 Å². The summed E-state index contributed by atoms with van der Waals surface area (Å²) in [4.78, 5) is 24.0. The smallest absolute Gasteiger partial charge is 0.215 e. The van der Waals surface area contributed by atoms with E-state index in [-0.39, 0.29) is 17.6 Å². The topological polar surface area (TPSA) is 84.1 Å². The molecule has 1 saturated heterocycles. The highest BCUT2D eigenvalue weighted by Gasteiger charge is 2.24. The van der Waals surface area contributed by atoms with Crippen LogP contribution < -0.4 is 16.0 Å². The molecular weight excluding hydrogens is 362 g/mol. The van der Waals surface area contributed by atoms with Crippen LogP contribution in [0, 0.1) is 0 Å². The van der Waals surface area contributed by atoms with E-state index in [1.165, 1.54) is 5.56 Å². The number of aromatic nitrogens is 2. The fraction of sp³-hybridized carbons (Fsp3) is 0.174. The Morgan fingerprint density at radius 1 is 1.17 bits per heavy atom. The van der Waals surface area contributed by atoms with Gasteiger partial charge in [-0.2, -0.15) is 0 Å². The predicted molar refractivity (Wildman–Crippen MR) is 116 cm³/mol. The number of pyridine rings is 2. The summed E-state index contributed by atoms with van der Waals surface area (Å²) in [5.41, 5.74) is 8.51. The van der Waals surface area contributed by atoms with Crippen molar-refractivity contribution in [3.05, 3.63) is 89.8 Å². The van der Waals surface area contributed by atoms with E-state index in [0.717, 1.165) is 25.5 Å². The first-order valence-corrected chi connectivity index (χ1v) is 9.59. The zero-order valence-electron chi connectivity index (χ0n) is 16.1. The molecule has 1 fully saturated rings. The van der Waals surface area contributed by atoms with E-state index >= 15 is 0 Å². The Morgan fingerprint density at radius 3 is 2.76 bits per heavy atom. The highest BCUT2D eigenvalue weighted by Crippen LogP contribution is 2.24. The number of ketones is 1. The van der Waals surface area contributed by atoms with Crippen LogP contribution >= 0.6 is 0 Å². The van der Waals surface area contributed by atoms with Gasteiger partial charge < -0.3 is 16.0 Å². The molecule has 2 aromatic heterocycles. The van der Waals surface area contributed by atoms with Gasteiger partial charge in [0.2, 0.25) is 5.78 Å². The number of benzene rings is 1. The average molecular weight is 385 g/mol. The zero-order valence-corrected chi connectivity index (χ0v) is 16.1. The Labute approximate surface area is 170 Å². The standard InChI is InChI=1S/C23H23N5O/c1-2-16-10-11-20(27-21(16)22(29)18-9-6-12-26-23(18)24)28-14-13-25-19(15-28)17-7-4-3-5-8-17/h2-12,19,25H,1,13-15H2,(H2,24,26)/t19-/m1/s1. The molecule has 1 aliphatic rings. The van der Waals surface area contributed by atoms with Crippen molar-refractivity contribution in [2.24, 2.45) is 0 Å². The molecule has 0 amide bonds. The summed E-state index contributed by atoms with van der Waals surface area (Å²) in [6.45, 7) is 6.24. The summed E-state index contributed by atoms with van der Waals surface area (Å²) >= 11 is 0. The summed E-state index contributed by atoms with van der Waals surface area (Å²) in [6.07, 6.45) is 3.20. The third-order valence-electron chi connectivity index (χ3n) is 5.13. The quantitative estimate of drug-likeness (QED) is 0.657. The van der Waals surface area contributed by atoms with Gasteiger partial charge in [0, 0.05) is 37.4 Å². The molecule has 0 spiro atoms. The zero-order chi connectivity index (χ0) is 20.2. The van der Waals surface area contributed by atoms with E-state index in [1.807, 2.05) is 30.3 Å². The largest absolute Gasteiger partial charge is 0.383 e. The molecule has 1 aliphatic heterocycles.